The highest BCUT2D eigenvalue weighted by Crippen LogP contribution is 2.31. The average molecular weight is 248 g/mol. The predicted molar refractivity (Wildman–Crippen MR) is 65.1 cm³/mol. The Morgan fingerprint density at radius 3 is 3.11 bits per heavy atom. The molecule has 0 bridgehead atoms. The molecule has 2 aliphatic heterocycles. The monoisotopic (exact) mass is 248 g/mol. The molecule has 0 saturated carbocycles. The molecule has 0 spiro atoms. The molecule has 1 fully saturated rings. The molecule has 5 heteroatoms. The van der Waals surface area contributed by atoms with Gasteiger partial charge in [0.2, 0.25) is 5.91 Å². The summed E-state index contributed by atoms with van der Waals surface area (Å²) < 4.78 is 10.8. The number of hydrogen-bond donors (Lipinski definition) is 2. The van der Waals surface area contributed by atoms with Crippen LogP contribution in [0.2, 0.25) is 0 Å². The quantitative estimate of drug-likeness (QED) is 0.768. The molecule has 5 nitrogen and oxygen atoms in total. The van der Waals surface area contributed by atoms with E-state index in [9.17, 15) is 4.79 Å². The van der Waals surface area contributed by atoms with Gasteiger partial charge in [-0.25, -0.2) is 0 Å². The summed E-state index contributed by atoms with van der Waals surface area (Å²) in [4.78, 5) is 11.4. The largest absolute Gasteiger partial charge is 0.467 e. The van der Waals surface area contributed by atoms with Crippen LogP contribution < -0.4 is 15.4 Å². The fourth-order valence-electron chi connectivity index (χ4n) is 2.44. The van der Waals surface area contributed by atoms with Crippen molar-refractivity contribution >= 4 is 5.91 Å². The number of carbonyl (C=O) groups is 1. The zero-order valence-corrected chi connectivity index (χ0v) is 10.2. The lowest BCUT2D eigenvalue weighted by Gasteiger charge is -2.31. The molecule has 18 heavy (non-hydrogen) atoms. The average Bonchev–Trinajstić information content (AvgIpc) is 2.41. The van der Waals surface area contributed by atoms with Crippen molar-refractivity contribution in [3.63, 3.8) is 0 Å². The van der Waals surface area contributed by atoms with E-state index in [-0.39, 0.29) is 18.0 Å². The Labute approximate surface area is 105 Å². The maximum atomic E-state index is 11.4. The maximum absolute atomic E-state index is 11.4. The molecule has 2 atom stereocenters. The minimum Gasteiger partial charge on any atom is -0.467 e. The molecule has 96 valence electrons. The first-order valence-corrected chi connectivity index (χ1v) is 6.12. The Balaban J connectivity index is 1.90. The molecule has 2 aliphatic rings. The van der Waals surface area contributed by atoms with Gasteiger partial charge in [0.15, 0.2) is 6.79 Å². The van der Waals surface area contributed by atoms with Crippen molar-refractivity contribution in [2.75, 3.05) is 13.3 Å². The molecule has 0 aromatic heterocycles. The highest BCUT2D eigenvalue weighted by molar-refractivity contribution is 5.82. The molecule has 0 aliphatic carbocycles. The van der Waals surface area contributed by atoms with Gasteiger partial charge in [0, 0.05) is 12.1 Å². The van der Waals surface area contributed by atoms with Crippen LogP contribution in [0.4, 0.5) is 0 Å². The number of piperazine rings is 1. The fraction of sp³-hybridized carbons (Fsp3) is 0.462. The molecule has 2 N–H and O–H groups in total. The normalized spacial score (nSPS) is 27.1. The summed E-state index contributed by atoms with van der Waals surface area (Å²) in [5.74, 6) is 0.925. The Bertz CT molecular complexity index is 475. The van der Waals surface area contributed by atoms with Crippen molar-refractivity contribution in [2.45, 2.75) is 25.6 Å². The third-order valence-electron chi connectivity index (χ3n) is 3.41. The smallest absolute Gasteiger partial charge is 0.236 e. The summed E-state index contributed by atoms with van der Waals surface area (Å²) in [7, 11) is 0. The van der Waals surface area contributed by atoms with Gasteiger partial charge in [0.1, 0.15) is 5.75 Å². The van der Waals surface area contributed by atoms with E-state index in [1.807, 2.05) is 19.1 Å². The van der Waals surface area contributed by atoms with Gasteiger partial charge in [-0.3, -0.25) is 10.1 Å². The summed E-state index contributed by atoms with van der Waals surface area (Å²) in [5.41, 5.74) is 2.21. The second-order valence-electron chi connectivity index (χ2n) is 4.62. The Morgan fingerprint density at radius 2 is 2.28 bits per heavy atom. The van der Waals surface area contributed by atoms with Crippen molar-refractivity contribution in [2.24, 2.45) is 0 Å². The first-order valence-electron chi connectivity index (χ1n) is 6.12. The zero-order valence-electron chi connectivity index (χ0n) is 10.2. The van der Waals surface area contributed by atoms with E-state index in [4.69, 9.17) is 9.47 Å². The number of benzene rings is 1. The van der Waals surface area contributed by atoms with Crippen molar-refractivity contribution in [3.05, 3.63) is 29.3 Å². The van der Waals surface area contributed by atoms with Gasteiger partial charge < -0.3 is 14.8 Å². The Kier molecular flexibility index (Phi) is 2.93. The summed E-state index contributed by atoms with van der Waals surface area (Å²) in [6, 6.07) is 5.91. The van der Waals surface area contributed by atoms with Gasteiger partial charge in [0.25, 0.3) is 0 Å². The lowest BCUT2D eigenvalue weighted by atomic mass is 9.97. The molecule has 0 radical (unpaired) electrons. The first-order chi connectivity index (χ1) is 8.75. The fourth-order valence-corrected chi connectivity index (χ4v) is 2.44. The van der Waals surface area contributed by atoms with Crippen molar-refractivity contribution in [1.29, 1.82) is 0 Å². The number of amides is 1. The zero-order chi connectivity index (χ0) is 12.5. The minimum atomic E-state index is -0.176. The molecule has 1 aromatic rings. The molecule has 1 amide bonds. The SMILES string of the molecule is C[C@@H]1NC(c2cccc3c2COCO3)CNC1=O. The van der Waals surface area contributed by atoms with E-state index in [1.165, 1.54) is 0 Å². The Morgan fingerprint density at radius 1 is 1.39 bits per heavy atom. The van der Waals surface area contributed by atoms with Gasteiger partial charge in [0.05, 0.1) is 18.7 Å². The van der Waals surface area contributed by atoms with Gasteiger partial charge in [-0.05, 0) is 18.6 Å². The number of nitrogens with one attached hydrogen (secondary N) is 2. The van der Waals surface area contributed by atoms with Crippen LogP contribution in [0.25, 0.3) is 0 Å². The molecule has 1 saturated heterocycles. The van der Waals surface area contributed by atoms with Crippen molar-refractivity contribution in [3.8, 4) is 5.75 Å². The summed E-state index contributed by atoms with van der Waals surface area (Å²) in [5, 5.41) is 6.21. The van der Waals surface area contributed by atoms with Crippen LogP contribution in [-0.4, -0.2) is 25.3 Å². The van der Waals surface area contributed by atoms with Crippen LogP contribution in [0.15, 0.2) is 18.2 Å². The summed E-state index contributed by atoms with van der Waals surface area (Å²) >= 11 is 0. The van der Waals surface area contributed by atoms with Gasteiger partial charge in [-0.2, -0.15) is 0 Å². The molecular weight excluding hydrogens is 232 g/mol. The summed E-state index contributed by atoms with van der Waals surface area (Å²) in [6.45, 7) is 3.33. The van der Waals surface area contributed by atoms with E-state index in [1.54, 1.807) is 0 Å². The van der Waals surface area contributed by atoms with Crippen LogP contribution in [0.1, 0.15) is 24.1 Å². The second-order valence-corrected chi connectivity index (χ2v) is 4.62. The standard InChI is InChI=1S/C13H16N2O3/c1-8-13(16)14-5-11(15-8)9-3-2-4-12-10(9)6-17-7-18-12/h2-4,8,11,15H,5-7H2,1H3,(H,14,16)/t8-,11?/m0/s1. The molecule has 1 unspecified atom stereocenters. The predicted octanol–water partition coefficient (Wildman–Crippen LogP) is 0.702. The van der Waals surface area contributed by atoms with E-state index in [2.05, 4.69) is 16.7 Å². The number of hydrogen-bond acceptors (Lipinski definition) is 4. The maximum Gasteiger partial charge on any atom is 0.236 e. The number of ether oxygens (including phenoxy) is 2. The van der Waals surface area contributed by atoms with Crippen LogP contribution in [0.3, 0.4) is 0 Å². The Hall–Kier alpha value is -1.59. The van der Waals surface area contributed by atoms with Crippen LogP contribution >= 0.6 is 0 Å². The van der Waals surface area contributed by atoms with Crippen LogP contribution in [0, 0.1) is 0 Å². The van der Waals surface area contributed by atoms with Crippen molar-refractivity contribution < 1.29 is 14.3 Å². The second kappa shape index (κ2) is 4.59. The van der Waals surface area contributed by atoms with Crippen molar-refractivity contribution in [1.82, 2.24) is 10.6 Å². The van der Waals surface area contributed by atoms with E-state index < -0.39 is 0 Å². The molecule has 1 aromatic carbocycles. The number of carbonyl (C=O) groups excluding carboxylic acids is 1. The third kappa shape index (κ3) is 1.95. The van der Waals surface area contributed by atoms with Gasteiger partial charge in [-0.1, -0.05) is 12.1 Å². The lowest BCUT2D eigenvalue weighted by Crippen LogP contribution is -2.53. The van der Waals surface area contributed by atoms with E-state index >= 15 is 0 Å². The first kappa shape index (κ1) is 11.5. The highest BCUT2D eigenvalue weighted by atomic mass is 16.7. The van der Waals surface area contributed by atoms with Crippen LogP contribution in [-0.2, 0) is 16.1 Å². The molecular formula is C13H16N2O3. The van der Waals surface area contributed by atoms with E-state index in [0.29, 0.717) is 19.9 Å². The third-order valence-corrected chi connectivity index (χ3v) is 3.41. The van der Waals surface area contributed by atoms with Gasteiger partial charge in [-0.15, -0.1) is 0 Å². The van der Waals surface area contributed by atoms with E-state index in [0.717, 1.165) is 16.9 Å². The number of fused-ring (bicyclic) bond motifs is 1. The lowest BCUT2D eigenvalue weighted by molar-refractivity contribution is -0.124. The van der Waals surface area contributed by atoms with Gasteiger partial charge >= 0.3 is 0 Å². The number of rotatable bonds is 1. The molecule has 2 heterocycles. The summed E-state index contributed by atoms with van der Waals surface area (Å²) in [6.07, 6.45) is 0. The molecule has 3 rings (SSSR count). The highest BCUT2D eigenvalue weighted by Gasteiger charge is 2.28. The topological polar surface area (TPSA) is 59.6 Å². The minimum absolute atomic E-state index is 0.0450. The van der Waals surface area contributed by atoms with Crippen LogP contribution in [0.5, 0.6) is 5.75 Å².